The molecule has 0 aromatic heterocycles. The van der Waals surface area contributed by atoms with Crippen molar-refractivity contribution in [1.29, 1.82) is 5.26 Å². The molecule has 1 N–H and O–H groups in total. The highest BCUT2D eigenvalue weighted by Gasteiger charge is 2.11. The molecule has 122 valence electrons. The number of benzene rings is 2. The van der Waals surface area contributed by atoms with Crippen molar-refractivity contribution in [1.82, 2.24) is 0 Å². The average Bonchev–Trinajstić information content (AvgIpc) is 2.52. The number of aliphatic carboxylic acids is 1. The Bertz CT molecular complexity index is 815. The molecular weight excluding hydrogens is 485 g/mol. The van der Waals surface area contributed by atoms with Crippen molar-refractivity contribution >= 4 is 56.1 Å². The summed E-state index contributed by atoms with van der Waals surface area (Å²) >= 11 is 5.47. The summed E-state index contributed by atoms with van der Waals surface area (Å²) in [6.07, 6.45) is 1.79. The maximum absolute atomic E-state index is 10.6. The van der Waals surface area contributed by atoms with Crippen LogP contribution in [0, 0.1) is 21.8 Å². The molecule has 0 fully saturated rings. The van der Waals surface area contributed by atoms with E-state index in [0.29, 0.717) is 15.8 Å². The lowest BCUT2D eigenvalue weighted by Gasteiger charge is -2.10. The Morgan fingerprint density at radius 3 is 2.58 bits per heavy atom. The van der Waals surface area contributed by atoms with Gasteiger partial charge in [0.1, 0.15) is 5.75 Å². The maximum Gasteiger partial charge on any atom is 0.341 e. The van der Waals surface area contributed by atoms with Gasteiger partial charge in [-0.2, -0.15) is 5.26 Å². The summed E-state index contributed by atoms with van der Waals surface area (Å²) in [6, 6.07) is 13.6. The van der Waals surface area contributed by atoms with Crippen molar-refractivity contribution in [2.75, 3.05) is 6.61 Å². The number of halogens is 2. The van der Waals surface area contributed by atoms with Crippen LogP contribution in [0.25, 0.3) is 11.6 Å². The van der Waals surface area contributed by atoms with Crippen molar-refractivity contribution in [3.63, 3.8) is 0 Å². The second-order valence-electron chi connectivity index (χ2n) is 5.03. The number of nitrogens with zero attached hydrogens (tertiary/aromatic N) is 1. The van der Waals surface area contributed by atoms with Crippen LogP contribution in [0.3, 0.4) is 0 Å². The van der Waals surface area contributed by atoms with Gasteiger partial charge in [0.2, 0.25) is 0 Å². The van der Waals surface area contributed by atoms with Crippen LogP contribution >= 0.6 is 38.5 Å². The standard InChI is InChI=1S/C18H13BrINO3/c1-11-2-4-13(5-3-11)14(9-21)6-12-7-15(19)18(16(20)8-12)24-10-17(22)23/h2-8H,10H2,1H3,(H,22,23)/b14-6-. The minimum Gasteiger partial charge on any atom is -0.480 e. The molecule has 0 amide bonds. The van der Waals surface area contributed by atoms with Crippen LogP contribution in [-0.4, -0.2) is 17.7 Å². The molecule has 0 spiro atoms. The maximum atomic E-state index is 10.6. The zero-order valence-electron chi connectivity index (χ0n) is 12.7. The van der Waals surface area contributed by atoms with Crippen LogP contribution in [0.15, 0.2) is 40.9 Å². The SMILES string of the molecule is Cc1ccc(/C(C#N)=C\c2cc(Br)c(OCC(=O)O)c(I)c2)cc1. The third-order valence-corrected chi connectivity index (χ3v) is 4.54. The second kappa shape index (κ2) is 8.31. The van der Waals surface area contributed by atoms with Crippen LogP contribution in [0.5, 0.6) is 5.75 Å². The van der Waals surface area contributed by atoms with Crippen LogP contribution < -0.4 is 4.74 Å². The van der Waals surface area contributed by atoms with Gasteiger partial charge in [-0.3, -0.25) is 0 Å². The number of allylic oxidation sites excluding steroid dienone is 1. The zero-order valence-corrected chi connectivity index (χ0v) is 16.5. The minimum atomic E-state index is -1.03. The quantitative estimate of drug-likeness (QED) is 0.362. The van der Waals surface area contributed by atoms with Gasteiger partial charge in [0.05, 0.1) is 19.7 Å². The smallest absolute Gasteiger partial charge is 0.341 e. The number of ether oxygens (including phenoxy) is 1. The third kappa shape index (κ3) is 4.82. The van der Waals surface area contributed by atoms with Gasteiger partial charge in [-0.1, -0.05) is 29.8 Å². The highest BCUT2D eigenvalue weighted by atomic mass is 127. The molecule has 2 aromatic carbocycles. The summed E-state index contributed by atoms with van der Waals surface area (Å²) in [6.45, 7) is 1.59. The van der Waals surface area contributed by atoms with Gasteiger partial charge in [-0.25, -0.2) is 4.79 Å². The molecular formula is C18H13BrINO3. The molecule has 0 saturated carbocycles. The van der Waals surface area contributed by atoms with E-state index in [1.54, 1.807) is 12.1 Å². The highest BCUT2D eigenvalue weighted by Crippen LogP contribution is 2.33. The van der Waals surface area contributed by atoms with Gasteiger partial charge < -0.3 is 9.84 Å². The number of rotatable bonds is 5. The summed E-state index contributed by atoms with van der Waals surface area (Å²) in [5.74, 6) is -0.559. The number of carboxylic acid groups (broad SMARTS) is 1. The van der Waals surface area contributed by atoms with Gasteiger partial charge in [-0.05, 0) is 74.8 Å². The van der Waals surface area contributed by atoms with Gasteiger partial charge >= 0.3 is 5.97 Å². The third-order valence-electron chi connectivity index (χ3n) is 3.15. The summed E-state index contributed by atoms with van der Waals surface area (Å²) in [4.78, 5) is 10.6. The Balaban J connectivity index is 2.36. The molecule has 2 rings (SSSR count). The summed E-state index contributed by atoms with van der Waals surface area (Å²) < 4.78 is 6.68. The number of carbonyl (C=O) groups is 1. The number of hydrogen-bond acceptors (Lipinski definition) is 3. The van der Waals surface area contributed by atoms with Crippen LogP contribution in [0.2, 0.25) is 0 Å². The predicted octanol–water partition coefficient (Wildman–Crippen LogP) is 4.89. The highest BCUT2D eigenvalue weighted by molar-refractivity contribution is 14.1. The normalized spacial score (nSPS) is 11.0. The molecule has 0 saturated heterocycles. The van der Waals surface area contributed by atoms with E-state index >= 15 is 0 Å². The molecule has 24 heavy (non-hydrogen) atoms. The fraction of sp³-hybridized carbons (Fsp3) is 0.111. The fourth-order valence-corrected chi connectivity index (χ4v) is 3.78. The average molecular weight is 498 g/mol. The van der Waals surface area contributed by atoms with Gasteiger partial charge in [0.15, 0.2) is 6.61 Å². The molecule has 0 radical (unpaired) electrons. The molecule has 0 atom stereocenters. The molecule has 0 bridgehead atoms. The van der Waals surface area contributed by atoms with Crippen LogP contribution in [0.1, 0.15) is 16.7 Å². The van der Waals surface area contributed by atoms with Crippen LogP contribution in [0.4, 0.5) is 0 Å². The summed E-state index contributed by atoms with van der Waals surface area (Å²) in [5, 5.41) is 18.1. The van der Waals surface area contributed by atoms with E-state index in [4.69, 9.17) is 9.84 Å². The lowest BCUT2D eigenvalue weighted by Crippen LogP contribution is -2.10. The molecule has 0 heterocycles. The molecule has 4 nitrogen and oxygen atoms in total. The van der Waals surface area contributed by atoms with Crippen molar-refractivity contribution in [3.8, 4) is 11.8 Å². The molecule has 6 heteroatoms. The van der Waals surface area contributed by atoms with Crippen molar-refractivity contribution in [2.24, 2.45) is 0 Å². The molecule has 2 aromatic rings. The Morgan fingerprint density at radius 2 is 2.04 bits per heavy atom. The van der Waals surface area contributed by atoms with E-state index in [0.717, 1.165) is 20.3 Å². The van der Waals surface area contributed by atoms with Gasteiger partial charge in [0.25, 0.3) is 0 Å². The Morgan fingerprint density at radius 1 is 1.38 bits per heavy atom. The number of aryl methyl sites for hydroxylation is 1. The van der Waals surface area contributed by atoms with Crippen molar-refractivity contribution < 1.29 is 14.6 Å². The largest absolute Gasteiger partial charge is 0.480 e. The summed E-state index contributed by atoms with van der Waals surface area (Å²) in [5.41, 5.74) is 3.36. The Labute approximate surface area is 162 Å². The number of carboxylic acids is 1. The molecule has 0 aliphatic rings. The zero-order chi connectivity index (χ0) is 17.7. The Kier molecular flexibility index (Phi) is 6.40. The van der Waals surface area contributed by atoms with E-state index in [-0.39, 0.29) is 0 Å². The monoisotopic (exact) mass is 497 g/mol. The fourth-order valence-electron chi connectivity index (χ4n) is 2.01. The number of nitriles is 1. The van der Waals surface area contributed by atoms with Gasteiger partial charge in [-0.15, -0.1) is 0 Å². The van der Waals surface area contributed by atoms with E-state index in [1.807, 2.05) is 37.3 Å². The van der Waals surface area contributed by atoms with Crippen molar-refractivity contribution in [3.05, 3.63) is 61.1 Å². The first-order chi connectivity index (χ1) is 11.4. The van der Waals surface area contributed by atoms with E-state index in [1.165, 1.54) is 0 Å². The van der Waals surface area contributed by atoms with Crippen LogP contribution in [-0.2, 0) is 4.79 Å². The Hall–Kier alpha value is -1.85. The minimum absolute atomic E-state index is 0.406. The van der Waals surface area contributed by atoms with E-state index in [2.05, 4.69) is 44.6 Å². The molecule has 0 unspecified atom stereocenters. The first-order valence-corrected chi connectivity index (χ1v) is 8.80. The van der Waals surface area contributed by atoms with Crippen molar-refractivity contribution in [2.45, 2.75) is 6.92 Å². The predicted molar refractivity (Wildman–Crippen MR) is 105 cm³/mol. The molecule has 0 aliphatic heterocycles. The lowest BCUT2D eigenvalue weighted by atomic mass is 10.0. The first-order valence-electron chi connectivity index (χ1n) is 6.93. The summed E-state index contributed by atoms with van der Waals surface area (Å²) in [7, 11) is 0. The number of hydrogen-bond donors (Lipinski definition) is 1. The lowest BCUT2D eigenvalue weighted by molar-refractivity contribution is -0.139. The molecule has 0 aliphatic carbocycles. The first kappa shape index (κ1) is 18.5. The van der Waals surface area contributed by atoms with E-state index < -0.39 is 12.6 Å². The second-order valence-corrected chi connectivity index (χ2v) is 7.05. The topological polar surface area (TPSA) is 70.3 Å². The van der Waals surface area contributed by atoms with Gasteiger partial charge in [0, 0.05) is 0 Å². The van der Waals surface area contributed by atoms with E-state index in [9.17, 15) is 10.1 Å².